The van der Waals surface area contributed by atoms with Gasteiger partial charge < -0.3 is 5.73 Å². The molecule has 2 aromatic rings. The molecule has 2 N–H and O–H groups in total. The van der Waals surface area contributed by atoms with Crippen LogP contribution in [-0.4, -0.2) is 0 Å². The fraction of sp³-hybridized carbons (Fsp3) is 0.167. The number of rotatable bonds is 3. The molecule has 1 atom stereocenters. The van der Waals surface area contributed by atoms with Crippen molar-refractivity contribution in [3.63, 3.8) is 0 Å². The third-order valence-corrected chi connectivity index (χ3v) is 4.71. The lowest BCUT2D eigenvalue weighted by Crippen LogP contribution is -2.12. The maximum atomic E-state index is 13.4. The summed E-state index contributed by atoms with van der Waals surface area (Å²) in [5, 5.41) is 0. The lowest BCUT2D eigenvalue weighted by Gasteiger charge is -2.11. The van der Waals surface area contributed by atoms with Crippen molar-refractivity contribution in [2.75, 3.05) is 0 Å². The molecule has 5 heteroatoms. The Kier molecular flexibility index (Phi) is 4.36. The highest BCUT2D eigenvalue weighted by atomic mass is 79.9. The van der Waals surface area contributed by atoms with Gasteiger partial charge in [0, 0.05) is 17.3 Å². The second-order valence-electron chi connectivity index (χ2n) is 3.69. The number of thiophene rings is 1. The van der Waals surface area contributed by atoms with E-state index in [1.807, 2.05) is 18.2 Å². The van der Waals surface area contributed by atoms with Crippen LogP contribution in [0, 0.1) is 5.82 Å². The summed E-state index contributed by atoms with van der Waals surface area (Å²) in [5.74, 6) is -0.273. The highest BCUT2D eigenvalue weighted by Gasteiger charge is 2.10. The Morgan fingerprint density at radius 3 is 2.59 bits per heavy atom. The van der Waals surface area contributed by atoms with Crippen LogP contribution in [0.1, 0.15) is 16.5 Å². The number of hydrogen-bond donors (Lipinski definition) is 1. The van der Waals surface area contributed by atoms with E-state index < -0.39 is 0 Å². The van der Waals surface area contributed by atoms with E-state index in [1.54, 1.807) is 17.4 Å². The van der Waals surface area contributed by atoms with Crippen LogP contribution in [0.2, 0.25) is 0 Å². The third-order valence-electron chi connectivity index (χ3n) is 2.42. The largest absolute Gasteiger partial charge is 0.324 e. The molecule has 1 aromatic heterocycles. The van der Waals surface area contributed by atoms with E-state index in [4.69, 9.17) is 5.73 Å². The molecule has 1 nitrogen and oxygen atoms in total. The van der Waals surface area contributed by atoms with Crippen molar-refractivity contribution in [2.24, 2.45) is 5.73 Å². The molecular formula is C12H10Br2FNS. The monoisotopic (exact) mass is 377 g/mol. The van der Waals surface area contributed by atoms with Crippen molar-refractivity contribution >= 4 is 43.2 Å². The maximum absolute atomic E-state index is 13.4. The van der Waals surface area contributed by atoms with Crippen LogP contribution in [0.25, 0.3) is 0 Å². The smallest absolute Gasteiger partial charge is 0.137 e. The van der Waals surface area contributed by atoms with Crippen molar-refractivity contribution in [1.29, 1.82) is 0 Å². The fourth-order valence-corrected chi connectivity index (χ4v) is 3.33. The van der Waals surface area contributed by atoms with Gasteiger partial charge in [0.25, 0.3) is 0 Å². The van der Waals surface area contributed by atoms with Crippen LogP contribution in [-0.2, 0) is 6.42 Å². The van der Waals surface area contributed by atoms with Crippen LogP contribution in [0.15, 0.2) is 38.6 Å². The predicted octanol–water partition coefficient (Wildman–Crippen LogP) is 4.65. The van der Waals surface area contributed by atoms with Gasteiger partial charge in [-0.05, 0) is 61.7 Å². The molecule has 1 unspecified atom stereocenters. The molecule has 0 saturated carbocycles. The van der Waals surface area contributed by atoms with E-state index in [-0.39, 0.29) is 11.9 Å². The van der Waals surface area contributed by atoms with Crippen LogP contribution in [0.5, 0.6) is 0 Å². The normalized spacial score (nSPS) is 12.7. The molecule has 0 saturated heterocycles. The molecule has 0 aliphatic carbocycles. The van der Waals surface area contributed by atoms with Gasteiger partial charge in [0.05, 0.1) is 8.26 Å². The van der Waals surface area contributed by atoms with Crippen molar-refractivity contribution in [3.8, 4) is 0 Å². The molecule has 2 rings (SSSR count). The molecule has 1 heterocycles. The summed E-state index contributed by atoms with van der Waals surface area (Å²) in [6.45, 7) is 0. The Hall–Kier alpha value is -0.230. The Balaban J connectivity index is 2.14. The van der Waals surface area contributed by atoms with E-state index in [0.717, 1.165) is 15.8 Å². The van der Waals surface area contributed by atoms with E-state index in [2.05, 4.69) is 31.9 Å². The second-order valence-corrected chi connectivity index (χ2v) is 7.09. The number of benzene rings is 1. The summed E-state index contributed by atoms with van der Waals surface area (Å²) in [7, 11) is 0. The van der Waals surface area contributed by atoms with Crippen LogP contribution < -0.4 is 5.73 Å². The number of hydrogen-bond acceptors (Lipinski definition) is 2. The van der Waals surface area contributed by atoms with Gasteiger partial charge in [-0.15, -0.1) is 11.3 Å². The first kappa shape index (κ1) is 13.2. The summed E-state index contributed by atoms with van der Waals surface area (Å²) in [6, 6.07) is 8.87. The van der Waals surface area contributed by atoms with Gasteiger partial charge >= 0.3 is 0 Å². The van der Waals surface area contributed by atoms with Crippen LogP contribution in [0.4, 0.5) is 4.39 Å². The van der Waals surface area contributed by atoms with E-state index in [1.165, 1.54) is 10.9 Å². The average Bonchev–Trinajstić information content (AvgIpc) is 2.68. The van der Waals surface area contributed by atoms with Gasteiger partial charge in [0.1, 0.15) is 5.82 Å². The minimum Gasteiger partial charge on any atom is -0.324 e. The Morgan fingerprint density at radius 2 is 2.00 bits per heavy atom. The number of nitrogens with two attached hydrogens (primary N) is 1. The number of halogens is 3. The first-order valence-corrected chi connectivity index (χ1v) is 7.41. The van der Waals surface area contributed by atoms with Gasteiger partial charge in [-0.1, -0.05) is 6.07 Å². The topological polar surface area (TPSA) is 26.0 Å². The predicted molar refractivity (Wildman–Crippen MR) is 76.8 cm³/mol. The van der Waals surface area contributed by atoms with Crippen molar-refractivity contribution < 1.29 is 4.39 Å². The molecule has 0 bridgehead atoms. The fourth-order valence-electron chi connectivity index (χ4n) is 1.54. The Morgan fingerprint density at radius 1 is 1.24 bits per heavy atom. The molecule has 90 valence electrons. The van der Waals surface area contributed by atoms with Gasteiger partial charge in [-0.25, -0.2) is 4.39 Å². The van der Waals surface area contributed by atoms with Gasteiger partial charge in [0.2, 0.25) is 0 Å². The first-order valence-electron chi connectivity index (χ1n) is 5.01. The highest BCUT2D eigenvalue weighted by Crippen LogP contribution is 2.27. The minimum atomic E-state index is -0.273. The SMILES string of the molecule is NC(Cc1ccc(Br)s1)c1ccc(Br)c(F)c1. The van der Waals surface area contributed by atoms with E-state index >= 15 is 0 Å². The van der Waals surface area contributed by atoms with Gasteiger partial charge in [0.15, 0.2) is 0 Å². The lowest BCUT2D eigenvalue weighted by atomic mass is 10.0. The molecule has 0 fully saturated rings. The van der Waals surface area contributed by atoms with E-state index in [0.29, 0.717) is 4.47 Å². The zero-order valence-corrected chi connectivity index (χ0v) is 12.8. The summed E-state index contributed by atoms with van der Waals surface area (Å²) in [5.41, 5.74) is 6.88. The highest BCUT2D eigenvalue weighted by molar-refractivity contribution is 9.11. The minimum absolute atomic E-state index is 0.178. The molecule has 0 aliphatic rings. The standard InChI is InChI=1S/C12H10Br2FNS/c13-9-3-1-7(5-10(9)15)11(16)6-8-2-4-12(14)17-8/h1-5,11H,6,16H2. The molecule has 0 aliphatic heterocycles. The molecule has 17 heavy (non-hydrogen) atoms. The van der Waals surface area contributed by atoms with Crippen LogP contribution in [0.3, 0.4) is 0 Å². The molecule has 0 amide bonds. The lowest BCUT2D eigenvalue weighted by molar-refractivity contribution is 0.612. The summed E-state index contributed by atoms with van der Waals surface area (Å²) in [4.78, 5) is 1.19. The first-order chi connectivity index (χ1) is 8.06. The zero-order valence-electron chi connectivity index (χ0n) is 8.79. The quantitative estimate of drug-likeness (QED) is 0.826. The zero-order chi connectivity index (χ0) is 12.4. The molecule has 1 aromatic carbocycles. The maximum Gasteiger partial charge on any atom is 0.137 e. The molecule has 0 radical (unpaired) electrons. The van der Waals surface area contributed by atoms with Gasteiger partial charge in [-0.3, -0.25) is 0 Å². The van der Waals surface area contributed by atoms with Crippen molar-refractivity contribution in [3.05, 3.63) is 54.8 Å². The molecular weight excluding hydrogens is 369 g/mol. The van der Waals surface area contributed by atoms with Crippen molar-refractivity contribution in [2.45, 2.75) is 12.5 Å². The van der Waals surface area contributed by atoms with Gasteiger partial charge in [-0.2, -0.15) is 0 Å². The average molecular weight is 379 g/mol. The third kappa shape index (κ3) is 3.37. The summed E-state index contributed by atoms with van der Waals surface area (Å²) >= 11 is 8.19. The molecule has 0 spiro atoms. The van der Waals surface area contributed by atoms with Crippen molar-refractivity contribution in [1.82, 2.24) is 0 Å². The second kappa shape index (κ2) is 5.61. The Labute approximate surface area is 120 Å². The van der Waals surface area contributed by atoms with E-state index in [9.17, 15) is 4.39 Å². The Bertz CT molecular complexity index is 527. The van der Waals surface area contributed by atoms with Crippen LogP contribution >= 0.6 is 43.2 Å². The summed E-state index contributed by atoms with van der Waals surface area (Å²) < 4.78 is 14.9. The summed E-state index contributed by atoms with van der Waals surface area (Å²) in [6.07, 6.45) is 0.720.